The van der Waals surface area contributed by atoms with Crippen LogP contribution in [-0.4, -0.2) is 122 Å². The molecule has 3 amide bonds. The third kappa shape index (κ3) is 31.3. The Bertz CT molecular complexity index is 831. The van der Waals surface area contributed by atoms with E-state index in [9.17, 15) is 14.4 Å². The van der Waals surface area contributed by atoms with E-state index < -0.39 is 35.6 Å². The van der Waals surface area contributed by atoms with E-state index in [4.69, 9.17) is 37.9 Å². The summed E-state index contributed by atoms with van der Waals surface area (Å²) in [7, 11) is 3.08. The van der Waals surface area contributed by atoms with E-state index in [1.54, 1.807) is 7.11 Å². The fourth-order valence-corrected chi connectivity index (χ4v) is 4.14. The minimum Gasteiger partial charge on any atom is -0.447 e. The summed E-state index contributed by atoms with van der Waals surface area (Å²) in [6.45, 7) is 12.4. The number of carbonyl (C=O) groups excluding carboxylic acids is 3. The molecule has 290 valence electrons. The maximum absolute atomic E-state index is 12.0. The smallest absolute Gasteiger partial charge is 0.407 e. The average Bonchev–Trinajstić information content (AvgIpc) is 3.08. The highest BCUT2D eigenvalue weighted by molar-refractivity contribution is 5.67. The van der Waals surface area contributed by atoms with Gasteiger partial charge in [0.15, 0.2) is 0 Å². The van der Waals surface area contributed by atoms with Crippen LogP contribution in [-0.2, 0) is 37.9 Å². The number of rotatable bonds is 32. The van der Waals surface area contributed by atoms with Crippen LogP contribution in [0.15, 0.2) is 0 Å². The van der Waals surface area contributed by atoms with E-state index in [1.165, 1.54) is 64.9 Å². The summed E-state index contributed by atoms with van der Waals surface area (Å²) < 4.78 is 42.8. The lowest BCUT2D eigenvalue weighted by Crippen LogP contribution is -2.40. The number of carbonyl (C=O) groups is 3. The van der Waals surface area contributed by atoms with Gasteiger partial charge in [-0.2, -0.15) is 0 Å². The molecule has 0 saturated heterocycles. The van der Waals surface area contributed by atoms with E-state index in [0.29, 0.717) is 26.4 Å². The Labute approximate surface area is 295 Å². The zero-order valence-electron chi connectivity index (χ0n) is 31.6. The first-order valence-electron chi connectivity index (χ1n) is 18.0. The first-order chi connectivity index (χ1) is 23.4. The lowest BCUT2D eigenvalue weighted by Gasteiger charge is -2.30. The van der Waals surface area contributed by atoms with Crippen molar-refractivity contribution in [2.75, 3.05) is 86.7 Å². The molecule has 0 aromatic rings. The molecule has 0 aromatic carbocycles. The zero-order valence-corrected chi connectivity index (χ0v) is 31.6. The van der Waals surface area contributed by atoms with Crippen LogP contribution in [0, 0.1) is 0 Å². The highest BCUT2D eigenvalue weighted by atomic mass is 16.6. The molecule has 0 fully saturated rings. The molecule has 0 aliphatic rings. The second kappa shape index (κ2) is 30.4. The van der Waals surface area contributed by atoms with Gasteiger partial charge in [0, 0.05) is 33.9 Å². The second-order valence-corrected chi connectivity index (χ2v) is 13.2. The normalized spacial score (nSPS) is 12.3. The number of alkyl carbamates (subject to hydrolysis) is 3. The molecule has 0 radical (unpaired) electrons. The predicted molar refractivity (Wildman–Crippen MR) is 188 cm³/mol. The Morgan fingerprint density at radius 3 is 1.47 bits per heavy atom. The Hall–Kier alpha value is -2.39. The first-order valence-corrected chi connectivity index (χ1v) is 18.0. The highest BCUT2D eigenvalue weighted by Crippen LogP contribution is 2.16. The lowest BCUT2D eigenvalue weighted by atomic mass is 10.1. The average molecular weight is 708 g/mol. The lowest BCUT2D eigenvalue weighted by molar-refractivity contribution is -0.121. The van der Waals surface area contributed by atoms with Crippen LogP contribution < -0.4 is 16.0 Å². The summed E-state index contributed by atoms with van der Waals surface area (Å²) in [6.07, 6.45) is 11.5. The van der Waals surface area contributed by atoms with E-state index >= 15 is 0 Å². The van der Waals surface area contributed by atoms with Crippen molar-refractivity contribution in [1.82, 2.24) is 16.0 Å². The quantitative estimate of drug-likeness (QED) is 0.0577. The Kier molecular flexibility index (Phi) is 29.0. The molecule has 14 heteroatoms. The highest BCUT2D eigenvalue weighted by Gasteiger charge is 2.26. The van der Waals surface area contributed by atoms with Crippen LogP contribution >= 0.6 is 0 Å². The van der Waals surface area contributed by atoms with Gasteiger partial charge in [-0.05, 0) is 34.1 Å². The van der Waals surface area contributed by atoms with Crippen molar-refractivity contribution in [2.24, 2.45) is 0 Å². The molecule has 0 spiro atoms. The summed E-state index contributed by atoms with van der Waals surface area (Å²) in [5, 5.41) is 7.95. The number of methoxy groups -OCH3 is 2. The number of ether oxygens (including phenoxy) is 8. The number of hydrogen-bond acceptors (Lipinski definition) is 11. The molecule has 0 aromatic heterocycles. The molecule has 0 rings (SSSR count). The van der Waals surface area contributed by atoms with Crippen LogP contribution in [0.5, 0.6) is 0 Å². The first kappa shape index (κ1) is 46.6. The molecule has 0 aliphatic carbocycles. The third-order valence-electron chi connectivity index (χ3n) is 7.50. The SMILES string of the molecule is CCCCCCCCCCCCCNC(=O)OCC(COC(=O)NCCOCCOCCNC(=O)OCC(C)(C)OCC(C)(C)OC)OC. The van der Waals surface area contributed by atoms with Crippen LogP contribution in [0.25, 0.3) is 0 Å². The van der Waals surface area contributed by atoms with Crippen LogP contribution in [0.2, 0.25) is 0 Å². The minimum atomic E-state index is -0.654. The molecular formula is C35H69N3O11. The third-order valence-corrected chi connectivity index (χ3v) is 7.50. The largest absolute Gasteiger partial charge is 0.447 e. The van der Waals surface area contributed by atoms with E-state index in [2.05, 4.69) is 22.9 Å². The van der Waals surface area contributed by atoms with Crippen molar-refractivity contribution in [1.29, 1.82) is 0 Å². The number of amides is 3. The van der Waals surface area contributed by atoms with Crippen molar-refractivity contribution in [3.8, 4) is 0 Å². The van der Waals surface area contributed by atoms with Gasteiger partial charge in [0.2, 0.25) is 0 Å². The summed E-state index contributed by atoms with van der Waals surface area (Å²) in [5.74, 6) is 0. The maximum Gasteiger partial charge on any atom is 0.407 e. The summed E-state index contributed by atoms with van der Waals surface area (Å²) in [5.41, 5.74) is -1.08. The number of unbranched alkanes of at least 4 members (excludes halogenated alkanes) is 10. The monoisotopic (exact) mass is 707 g/mol. The van der Waals surface area contributed by atoms with Crippen molar-refractivity contribution in [2.45, 2.75) is 123 Å². The van der Waals surface area contributed by atoms with Crippen molar-refractivity contribution in [3.05, 3.63) is 0 Å². The van der Waals surface area contributed by atoms with Gasteiger partial charge in [0.05, 0.1) is 44.2 Å². The molecule has 49 heavy (non-hydrogen) atoms. The zero-order chi connectivity index (χ0) is 36.6. The van der Waals surface area contributed by atoms with Gasteiger partial charge in [-0.3, -0.25) is 0 Å². The number of hydrogen-bond donors (Lipinski definition) is 3. The van der Waals surface area contributed by atoms with E-state index in [1.807, 2.05) is 27.7 Å². The predicted octanol–water partition coefficient (Wildman–Crippen LogP) is 5.74. The summed E-state index contributed by atoms with van der Waals surface area (Å²) >= 11 is 0. The Balaban J connectivity index is 3.67. The van der Waals surface area contributed by atoms with Crippen LogP contribution in [0.3, 0.4) is 0 Å². The van der Waals surface area contributed by atoms with Gasteiger partial charge in [-0.1, -0.05) is 71.1 Å². The van der Waals surface area contributed by atoms with Gasteiger partial charge in [0.1, 0.15) is 25.9 Å². The van der Waals surface area contributed by atoms with Crippen molar-refractivity contribution in [3.63, 3.8) is 0 Å². The maximum atomic E-state index is 12.0. The van der Waals surface area contributed by atoms with Crippen molar-refractivity contribution < 1.29 is 52.3 Å². The Morgan fingerprint density at radius 2 is 1.00 bits per heavy atom. The van der Waals surface area contributed by atoms with Gasteiger partial charge in [0.25, 0.3) is 0 Å². The van der Waals surface area contributed by atoms with Gasteiger partial charge in [-0.25, -0.2) is 14.4 Å². The minimum absolute atomic E-state index is 0.0330. The summed E-state index contributed by atoms with van der Waals surface area (Å²) in [6, 6.07) is 0. The molecule has 1 unspecified atom stereocenters. The molecule has 0 bridgehead atoms. The van der Waals surface area contributed by atoms with Gasteiger partial charge >= 0.3 is 18.3 Å². The molecule has 0 saturated carbocycles. The van der Waals surface area contributed by atoms with Gasteiger partial charge in [-0.15, -0.1) is 0 Å². The van der Waals surface area contributed by atoms with Crippen LogP contribution in [0.1, 0.15) is 105 Å². The van der Waals surface area contributed by atoms with Crippen LogP contribution in [0.4, 0.5) is 14.4 Å². The topological polar surface area (TPSA) is 161 Å². The van der Waals surface area contributed by atoms with Gasteiger partial charge < -0.3 is 53.8 Å². The molecule has 3 N–H and O–H groups in total. The standard InChI is InChI=1S/C35H69N3O11/c1-8-9-10-11-12-13-14-15-16-17-18-19-36-31(39)46-26-30(42-6)27-47-32(40)37-20-22-44-24-25-45-23-21-38-33(41)48-28-35(4,5)49-29-34(2,3)43-7/h30H,8-29H2,1-7H3,(H,36,39)(H,37,40)(H,38,41). The molecular weight excluding hydrogens is 638 g/mol. The molecule has 1 atom stereocenters. The Morgan fingerprint density at radius 1 is 0.551 bits per heavy atom. The molecule has 0 aliphatic heterocycles. The summed E-state index contributed by atoms with van der Waals surface area (Å²) in [4.78, 5) is 35.8. The second-order valence-electron chi connectivity index (χ2n) is 13.2. The van der Waals surface area contributed by atoms with E-state index in [-0.39, 0.29) is 46.1 Å². The molecule has 0 heterocycles. The number of nitrogens with one attached hydrogen (secondary N) is 3. The fourth-order valence-electron chi connectivity index (χ4n) is 4.14. The molecule has 14 nitrogen and oxygen atoms in total. The van der Waals surface area contributed by atoms with Crippen molar-refractivity contribution >= 4 is 18.3 Å². The van der Waals surface area contributed by atoms with E-state index in [0.717, 1.165) is 12.8 Å². The fraction of sp³-hybridized carbons (Fsp3) is 0.914.